The van der Waals surface area contributed by atoms with Crippen LogP contribution in [0.15, 0.2) is 48.6 Å². The van der Waals surface area contributed by atoms with Gasteiger partial charge in [0.1, 0.15) is 0 Å². The van der Waals surface area contributed by atoms with Gasteiger partial charge in [-0.25, -0.2) is 4.57 Å². The Morgan fingerprint density at radius 3 is 1.82 bits per heavy atom. The van der Waals surface area contributed by atoms with Gasteiger partial charge in [-0.15, -0.1) is 0 Å². The van der Waals surface area contributed by atoms with Crippen LogP contribution in [-0.4, -0.2) is 47.8 Å². The number of nitrogens with two attached hydrogens (primary N) is 1. The molecule has 0 rings (SSSR count). The average molecular weight is 655 g/mol. The molecule has 0 heterocycles. The zero-order chi connectivity index (χ0) is 33.3. The number of phosphoric acid groups is 1. The molecule has 9 heteroatoms. The Kier molecular flexibility index (Phi) is 31.3. The second-order valence-electron chi connectivity index (χ2n) is 11.7. The number of hydrogen-bond acceptors (Lipinski definition) is 6. The molecule has 0 bridgehead atoms. The van der Waals surface area contributed by atoms with Crippen LogP contribution in [0.5, 0.6) is 0 Å². The molecule has 0 saturated carbocycles. The van der Waals surface area contributed by atoms with Crippen LogP contribution in [0.4, 0.5) is 0 Å². The zero-order valence-corrected chi connectivity index (χ0v) is 29.5. The average Bonchev–Trinajstić information content (AvgIpc) is 3.02. The Bertz CT molecular complexity index is 845. The van der Waals surface area contributed by atoms with Gasteiger partial charge in [-0.2, -0.15) is 0 Å². The fraction of sp³-hybridized carbons (Fsp3) is 0.750. The smallest absolute Gasteiger partial charge is 0.387 e. The standard InChI is InChI=1S/C36H67N2O6P/c1-3-5-7-9-11-13-15-16-17-18-19-20-22-24-26-28-30-36(40)38-34(33-44-45(41,42)43-32-31-37)35(39)29-27-25-23-21-14-12-10-8-6-4-2/h6,8,14,17-18,21,27,29,34-35,39H,3-5,7,9-13,15-16,19-20,22-26,28,30-33,37H2,1-2H3,(H,38,40)(H,41,42)/b8-6+,18-17-,21-14+,29-27+. The van der Waals surface area contributed by atoms with E-state index in [1.807, 2.05) is 6.08 Å². The van der Waals surface area contributed by atoms with E-state index in [9.17, 15) is 19.4 Å². The van der Waals surface area contributed by atoms with E-state index in [0.717, 1.165) is 70.6 Å². The van der Waals surface area contributed by atoms with Gasteiger partial charge in [0.05, 0.1) is 25.4 Å². The van der Waals surface area contributed by atoms with Gasteiger partial charge < -0.3 is 21.1 Å². The number of allylic oxidation sites excluding steroid dienone is 7. The first kappa shape index (κ1) is 43.5. The molecule has 0 aromatic heterocycles. The summed E-state index contributed by atoms with van der Waals surface area (Å²) in [6, 6.07) is -0.885. The molecule has 0 aliphatic rings. The number of carbonyl (C=O) groups excluding carboxylic acids is 1. The van der Waals surface area contributed by atoms with Crippen LogP contribution in [0, 0.1) is 0 Å². The molecule has 0 spiro atoms. The van der Waals surface area contributed by atoms with Crippen LogP contribution >= 0.6 is 7.82 Å². The number of hydrogen-bond donors (Lipinski definition) is 4. The third kappa shape index (κ3) is 30.9. The maximum absolute atomic E-state index is 12.6. The molecular weight excluding hydrogens is 587 g/mol. The number of rotatable bonds is 32. The SMILES string of the molecule is CC/C=C/CC/C=C/CC/C=C/C(O)C(COP(=O)(O)OCCN)NC(=O)CCCCCCC/C=C\CCCCCCCCC. The number of nitrogens with one attached hydrogen (secondary N) is 1. The number of unbranched alkanes of at least 4 members (excludes halogenated alkanes) is 14. The number of carbonyl (C=O) groups is 1. The summed E-state index contributed by atoms with van der Waals surface area (Å²) in [5.74, 6) is -0.222. The molecule has 0 saturated heterocycles. The fourth-order valence-corrected chi connectivity index (χ4v) is 5.45. The molecule has 8 nitrogen and oxygen atoms in total. The van der Waals surface area contributed by atoms with Gasteiger partial charge in [-0.3, -0.25) is 13.8 Å². The highest BCUT2D eigenvalue weighted by Gasteiger charge is 2.26. The summed E-state index contributed by atoms with van der Waals surface area (Å²) in [5.41, 5.74) is 5.33. The molecule has 0 aromatic carbocycles. The lowest BCUT2D eigenvalue weighted by Gasteiger charge is -2.23. The van der Waals surface area contributed by atoms with Crippen LogP contribution in [0.25, 0.3) is 0 Å². The van der Waals surface area contributed by atoms with Crippen molar-refractivity contribution < 1.29 is 28.4 Å². The van der Waals surface area contributed by atoms with E-state index in [0.29, 0.717) is 6.42 Å². The third-order valence-corrected chi connectivity index (χ3v) is 8.35. The summed E-state index contributed by atoms with van der Waals surface area (Å²) in [4.78, 5) is 22.5. The van der Waals surface area contributed by atoms with Crippen molar-refractivity contribution in [3.05, 3.63) is 48.6 Å². The van der Waals surface area contributed by atoms with Crippen molar-refractivity contribution in [1.29, 1.82) is 0 Å². The molecule has 1 amide bonds. The predicted molar refractivity (Wildman–Crippen MR) is 189 cm³/mol. The van der Waals surface area contributed by atoms with E-state index in [2.05, 4.69) is 55.6 Å². The lowest BCUT2D eigenvalue weighted by atomic mass is 10.1. The first-order valence-corrected chi connectivity index (χ1v) is 19.3. The molecule has 262 valence electrons. The molecule has 0 aromatic rings. The summed E-state index contributed by atoms with van der Waals surface area (Å²) in [6.45, 7) is 3.94. The Morgan fingerprint density at radius 2 is 1.24 bits per heavy atom. The minimum absolute atomic E-state index is 0.0688. The minimum atomic E-state index is -4.34. The van der Waals surface area contributed by atoms with Crippen LogP contribution in [0.2, 0.25) is 0 Å². The molecule has 3 atom stereocenters. The van der Waals surface area contributed by atoms with Crippen molar-refractivity contribution in [2.45, 2.75) is 154 Å². The summed E-state index contributed by atoms with van der Waals surface area (Å²) < 4.78 is 21.9. The van der Waals surface area contributed by atoms with Crippen molar-refractivity contribution in [3.63, 3.8) is 0 Å². The highest BCUT2D eigenvalue weighted by atomic mass is 31.2. The largest absolute Gasteiger partial charge is 0.472 e. The molecule has 0 aliphatic carbocycles. The van der Waals surface area contributed by atoms with Gasteiger partial charge in [0, 0.05) is 13.0 Å². The Balaban J connectivity index is 4.37. The minimum Gasteiger partial charge on any atom is -0.387 e. The molecule has 0 radical (unpaired) electrons. The van der Waals surface area contributed by atoms with E-state index < -0.39 is 20.0 Å². The first-order valence-electron chi connectivity index (χ1n) is 17.8. The van der Waals surface area contributed by atoms with E-state index >= 15 is 0 Å². The number of phosphoric ester groups is 1. The highest BCUT2D eigenvalue weighted by Crippen LogP contribution is 2.43. The normalized spacial score (nSPS) is 15.0. The van der Waals surface area contributed by atoms with Gasteiger partial charge in [0.15, 0.2) is 0 Å². The van der Waals surface area contributed by atoms with Crippen molar-refractivity contribution in [3.8, 4) is 0 Å². The lowest BCUT2D eigenvalue weighted by Crippen LogP contribution is -2.45. The molecule has 0 fully saturated rings. The van der Waals surface area contributed by atoms with E-state index in [1.54, 1.807) is 6.08 Å². The topological polar surface area (TPSA) is 131 Å². The Morgan fingerprint density at radius 1 is 0.733 bits per heavy atom. The van der Waals surface area contributed by atoms with Crippen LogP contribution in [0.1, 0.15) is 142 Å². The number of aliphatic hydroxyl groups is 1. The monoisotopic (exact) mass is 654 g/mol. The second kappa shape index (κ2) is 32.4. The fourth-order valence-electron chi connectivity index (χ4n) is 4.69. The summed E-state index contributed by atoms with van der Waals surface area (Å²) >= 11 is 0. The summed E-state index contributed by atoms with van der Waals surface area (Å²) in [5, 5.41) is 13.5. The van der Waals surface area contributed by atoms with E-state index in [4.69, 9.17) is 14.8 Å². The molecule has 3 unspecified atom stereocenters. The van der Waals surface area contributed by atoms with Gasteiger partial charge in [0.25, 0.3) is 0 Å². The predicted octanol–water partition coefficient (Wildman–Crippen LogP) is 8.99. The van der Waals surface area contributed by atoms with Gasteiger partial charge >= 0.3 is 7.82 Å². The van der Waals surface area contributed by atoms with Crippen molar-refractivity contribution in [2.24, 2.45) is 5.73 Å². The number of aliphatic hydroxyl groups excluding tert-OH is 1. The van der Waals surface area contributed by atoms with E-state index in [1.165, 1.54) is 51.4 Å². The van der Waals surface area contributed by atoms with Crippen molar-refractivity contribution in [1.82, 2.24) is 5.32 Å². The van der Waals surface area contributed by atoms with Crippen LogP contribution < -0.4 is 11.1 Å². The Labute approximate surface area is 275 Å². The molecular formula is C36H67N2O6P. The van der Waals surface area contributed by atoms with Crippen molar-refractivity contribution >= 4 is 13.7 Å². The van der Waals surface area contributed by atoms with Crippen molar-refractivity contribution in [2.75, 3.05) is 19.8 Å². The van der Waals surface area contributed by atoms with Crippen LogP contribution in [0.3, 0.4) is 0 Å². The second-order valence-corrected chi connectivity index (χ2v) is 13.1. The van der Waals surface area contributed by atoms with Gasteiger partial charge in [0.2, 0.25) is 5.91 Å². The maximum Gasteiger partial charge on any atom is 0.472 e. The third-order valence-electron chi connectivity index (χ3n) is 7.37. The maximum atomic E-state index is 12.6. The highest BCUT2D eigenvalue weighted by molar-refractivity contribution is 7.47. The molecule has 5 N–H and O–H groups in total. The lowest BCUT2D eigenvalue weighted by molar-refractivity contribution is -0.123. The Hall–Kier alpha value is -1.54. The molecule has 45 heavy (non-hydrogen) atoms. The van der Waals surface area contributed by atoms with Crippen LogP contribution in [-0.2, 0) is 18.4 Å². The molecule has 0 aliphatic heterocycles. The van der Waals surface area contributed by atoms with E-state index in [-0.39, 0.29) is 25.7 Å². The zero-order valence-electron chi connectivity index (χ0n) is 28.6. The quantitative estimate of drug-likeness (QED) is 0.0323. The number of amides is 1. The van der Waals surface area contributed by atoms with Gasteiger partial charge in [-0.1, -0.05) is 120 Å². The summed E-state index contributed by atoms with van der Waals surface area (Å²) in [7, 11) is -4.34. The first-order chi connectivity index (χ1) is 21.9. The summed E-state index contributed by atoms with van der Waals surface area (Å²) in [6.07, 6.45) is 37.4. The van der Waals surface area contributed by atoms with Gasteiger partial charge in [-0.05, 0) is 64.2 Å².